The van der Waals surface area contributed by atoms with Crippen molar-refractivity contribution in [1.29, 1.82) is 0 Å². The standard InChI is InChI=1S/C18H16ClFN4O/c19-10-7-13-12(3-5-15(13)21-8-10)18-22-9-14(20)16(24-18)4-1-11-2-6-17(25)23-11/h3,7-9,11H,1-2,4-6H2,(H,23,25)/t11-/m0/s1. The molecule has 4 rings (SSSR count). The van der Waals surface area contributed by atoms with Crippen LogP contribution in [0.1, 0.15) is 42.0 Å². The number of hydrogen-bond acceptors (Lipinski definition) is 4. The molecule has 1 aliphatic carbocycles. The second-order valence-corrected chi connectivity index (χ2v) is 6.74. The molecule has 0 unspecified atom stereocenters. The van der Waals surface area contributed by atoms with Gasteiger partial charge in [0.25, 0.3) is 0 Å². The molecule has 1 aliphatic heterocycles. The first-order chi connectivity index (χ1) is 12.1. The highest BCUT2D eigenvalue weighted by Gasteiger charge is 2.23. The number of aromatic nitrogens is 3. The van der Waals surface area contributed by atoms with Crippen LogP contribution in [0.5, 0.6) is 0 Å². The summed E-state index contributed by atoms with van der Waals surface area (Å²) in [6, 6.07) is 1.93. The Balaban J connectivity index is 1.56. The Morgan fingerprint density at radius 2 is 2.20 bits per heavy atom. The van der Waals surface area contributed by atoms with Crippen molar-refractivity contribution in [2.24, 2.45) is 0 Å². The lowest BCUT2D eigenvalue weighted by Crippen LogP contribution is -2.25. The number of nitrogens with zero attached hydrogens (tertiary/aromatic N) is 3. The second kappa shape index (κ2) is 6.52. The van der Waals surface area contributed by atoms with Gasteiger partial charge in [0.2, 0.25) is 5.91 Å². The zero-order chi connectivity index (χ0) is 17.4. The molecule has 1 saturated heterocycles. The number of pyridine rings is 1. The van der Waals surface area contributed by atoms with Crippen LogP contribution >= 0.6 is 11.6 Å². The molecule has 0 spiro atoms. The van der Waals surface area contributed by atoms with Crippen LogP contribution in [0.25, 0.3) is 5.57 Å². The maximum absolute atomic E-state index is 14.1. The largest absolute Gasteiger partial charge is 0.353 e. The average Bonchev–Trinajstić information content (AvgIpc) is 3.20. The van der Waals surface area contributed by atoms with E-state index >= 15 is 0 Å². The quantitative estimate of drug-likeness (QED) is 0.912. The molecule has 5 nitrogen and oxygen atoms in total. The van der Waals surface area contributed by atoms with Gasteiger partial charge in [-0.25, -0.2) is 14.4 Å². The van der Waals surface area contributed by atoms with Crippen LogP contribution in [0.2, 0.25) is 5.02 Å². The van der Waals surface area contributed by atoms with E-state index in [4.69, 9.17) is 11.6 Å². The highest BCUT2D eigenvalue weighted by molar-refractivity contribution is 6.30. The van der Waals surface area contributed by atoms with Crippen LogP contribution in [0.4, 0.5) is 4.39 Å². The van der Waals surface area contributed by atoms with Gasteiger partial charge in [0.15, 0.2) is 11.6 Å². The molecule has 2 aromatic heterocycles. The molecular weight excluding hydrogens is 343 g/mol. The van der Waals surface area contributed by atoms with Crippen LogP contribution in [0.3, 0.4) is 0 Å². The minimum Gasteiger partial charge on any atom is -0.353 e. The van der Waals surface area contributed by atoms with Crippen molar-refractivity contribution in [3.05, 3.63) is 58.2 Å². The van der Waals surface area contributed by atoms with E-state index in [0.717, 1.165) is 23.3 Å². The molecule has 1 N–H and O–H groups in total. The number of allylic oxidation sites excluding steroid dienone is 1. The van der Waals surface area contributed by atoms with Crippen LogP contribution < -0.4 is 5.32 Å². The van der Waals surface area contributed by atoms with E-state index < -0.39 is 5.82 Å². The van der Waals surface area contributed by atoms with Crippen molar-refractivity contribution in [3.63, 3.8) is 0 Å². The number of carbonyl (C=O) groups is 1. The van der Waals surface area contributed by atoms with E-state index in [1.807, 2.05) is 12.1 Å². The highest BCUT2D eigenvalue weighted by Crippen LogP contribution is 2.31. The zero-order valence-electron chi connectivity index (χ0n) is 13.4. The molecule has 1 atom stereocenters. The topological polar surface area (TPSA) is 67.8 Å². The number of nitrogens with one attached hydrogen (secondary N) is 1. The van der Waals surface area contributed by atoms with Gasteiger partial charge in [-0.15, -0.1) is 0 Å². The second-order valence-electron chi connectivity index (χ2n) is 6.30. The summed E-state index contributed by atoms with van der Waals surface area (Å²) in [5.74, 6) is 0.122. The Labute approximate surface area is 149 Å². The van der Waals surface area contributed by atoms with Crippen molar-refractivity contribution in [2.45, 2.75) is 38.1 Å². The first-order valence-corrected chi connectivity index (χ1v) is 8.64. The van der Waals surface area contributed by atoms with E-state index in [9.17, 15) is 9.18 Å². The first kappa shape index (κ1) is 16.1. The van der Waals surface area contributed by atoms with E-state index in [0.29, 0.717) is 42.2 Å². The fourth-order valence-electron chi connectivity index (χ4n) is 3.30. The Morgan fingerprint density at radius 3 is 3.00 bits per heavy atom. The minimum atomic E-state index is -0.420. The summed E-state index contributed by atoms with van der Waals surface area (Å²) in [7, 11) is 0. The molecule has 3 heterocycles. The minimum absolute atomic E-state index is 0.0611. The van der Waals surface area contributed by atoms with Crippen LogP contribution in [0.15, 0.2) is 24.5 Å². The average molecular weight is 359 g/mol. The van der Waals surface area contributed by atoms with E-state index in [2.05, 4.69) is 20.3 Å². The summed E-state index contributed by atoms with van der Waals surface area (Å²) in [6.45, 7) is 0. The van der Waals surface area contributed by atoms with Gasteiger partial charge in [-0.05, 0) is 25.3 Å². The molecule has 2 aromatic rings. The SMILES string of the molecule is O=C1CC[C@H](CCc2nc(C3=CCc4ncc(Cl)cc43)ncc2F)N1. The van der Waals surface area contributed by atoms with Crippen molar-refractivity contribution in [3.8, 4) is 0 Å². The number of aryl methyl sites for hydroxylation is 1. The van der Waals surface area contributed by atoms with Gasteiger partial charge in [0.1, 0.15) is 0 Å². The normalized spacial score (nSPS) is 18.9. The molecule has 0 aromatic carbocycles. The lowest BCUT2D eigenvalue weighted by Gasteiger charge is -2.11. The number of hydrogen-bond donors (Lipinski definition) is 1. The fraction of sp³-hybridized carbons (Fsp3) is 0.333. The predicted molar refractivity (Wildman–Crippen MR) is 91.5 cm³/mol. The fourth-order valence-corrected chi connectivity index (χ4v) is 3.45. The molecular formula is C18H16ClFN4O. The van der Waals surface area contributed by atoms with Crippen LogP contribution in [-0.4, -0.2) is 26.9 Å². The Kier molecular flexibility index (Phi) is 4.21. The third kappa shape index (κ3) is 3.26. The number of fused-ring (bicyclic) bond motifs is 1. The van der Waals surface area contributed by atoms with Crippen LogP contribution in [0, 0.1) is 5.82 Å². The number of amides is 1. The van der Waals surface area contributed by atoms with E-state index in [-0.39, 0.29) is 11.9 Å². The first-order valence-electron chi connectivity index (χ1n) is 8.26. The van der Waals surface area contributed by atoms with Crippen LogP contribution in [-0.2, 0) is 17.6 Å². The van der Waals surface area contributed by atoms with E-state index in [1.165, 1.54) is 6.20 Å². The third-order valence-electron chi connectivity index (χ3n) is 4.60. The Hall–Kier alpha value is -2.34. The summed E-state index contributed by atoms with van der Waals surface area (Å²) in [5, 5.41) is 3.44. The molecule has 1 amide bonds. The lowest BCUT2D eigenvalue weighted by molar-refractivity contribution is -0.119. The molecule has 0 radical (unpaired) electrons. The monoisotopic (exact) mass is 358 g/mol. The van der Waals surface area contributed by atoms with Gasteiger partial charge in [-0.1, -0.05) is 17.7 Å². The smallest absolute Gasteiger partial charge is 0.220 e. The molecule has 7 heteroatoms. The maximum Gasteiger partial charge on any atom is 0.220 e. The molecule has 128 valence electrons. The lowest BCUT2D eigenvalue weighted by atomic mass is 10.1. The van der Waals surface area contributed by atoms with Gasteiger partial charge in [-0.3, -0.25) is 9.78 Å². The summed E-state index contributed by atoms with van der Waals surface area (Å²) >= 11 is 6.04. The van der Waals surface area contributed by atoms with Gasteiger partial charge >= 0.3 is 0 Å². The van der Waals surface area contributed by atoms with Gasteiger partial charge in [0, 0.05) is 36.2 Å². The summed E-state index contributed by atoms with van der Waals surface area (Å²) in [4.78, 5) is 24.2. The van der Waals surface area contributed by atoms with Crippen molar-refractivity contribution < 1.29 is 9.18 Å². The molecule has 2 aliphatic rings. The third-order valence-corrected chi connectivity index (χ3v) is 4.81. The number of rotatable bonds is 4. The van der Waals surface area contributed by atoms with Crippen molar-refractivity contribution >= 4 is 23.1 Å². The Morgan fingerprint density at radius 1 is 1.32 bits per heavy atom. The maximum atomic E-state index is 14.1. The van der Waals surface area contributed by atoms with Gasteiger partial charge in [-0.2, -0.15) is 0 Å². The molecule has 0 saturated carbocycles. The van der Waals surface area contributed by atoms with Gasteiger partial charge < -0.3 is 5.32 Å². The number of halogens is 2. The molecule has 0 bridgehead atoms. The van der Waals surface area contributed by atoms with Crippen molar-refractivity contribution in [2.75, 3.05) is 0 Å². The predicted octanol–water partition coefficient (Wildman–Crippen LogP) is 2.86. The number of carbonyl (C=O) groups excluding carboxylic acids is 1. The molecule has 25 heavy (non-hydrogen) atoms. The zero-order valence-corrected chi connectivity index (χ0v) is 14.2. The molecule has 1 fully saturated rings. The van der Waals surface area contributed by atoms with E-state index in [1.54, 1.807) is 6.20 Å². The van der Waals surface area contributed by atoms with Crippen molar-refractivity contribution in [1.82, 2.24) is 20.3 Å². The summed E-state index contributed by atoms with van der Waals surface area (Å²) < 4.78 is 14.1. The van der Waals surface area contributed by atoms with Gasteiger partial charge in [0.05, 0.1) is 22.6 Å². The Bertz CT molecular complexity index is 883. The summed E-state index contributed by atoms with van der Waals surface area (Å²) in [6.07, 6.45) is 7.96. The highest BCUT2D eigenvalue weighted by atomic mass is 35.5. The summed E-state index contributed by atoms with van der Waals surface area (Å²) in [5.41, 5.74) is 3.02.